The first kappa shape index (κ1) is 18.2. The van der Waals surface area contributed by atoms with Crippen molar-refractivity contribution in [2.24, 2.45) is 0 Å². The molecule has 2 aliphatic rings. The molecule has 0 bridgehead atoms. The van der Waals surface area contributed by atoms with Gasteiger partial charge in [-0.25, -0.2) is 0 Å². The predicted molar refractivity (Wildman–Crippen MR) is 108 cm³/mol. The van der Waals surface area contributed by atoms with Crippen molar-refractivity contribution >= 4 is 0 Å². The second-order valence-electron chi connectivity index (χ2n) is 7.30. The summed E-state index contributed by atoms with van der Waals surface area (Å²) >= 11 is 0. The van der Waals surface area contributed by atoms with Crippen LogP contribution in [-0.4, -0.2) is 37.1 Å². The van der Waals surface area contributed by atoms with Gasteiger partial charge in [-0.3, -0.25) is 0 Å². The Morgan fingerprint density at radius 3 is 1.83 bits per heavy atom. The van der Waals surface area contributed by atoms with E-state index >= 15 is 0 Å². The van der Waals surface area contributed by atoms with E-state index in [9.17, 15) is 5.11 Å². The number of hydrogen-bond donors (Lipinski definition) is 1. The Balaban J connectivity index is 1.20. The summed E-state index contributed by atoms with van der Waals surface area (Å²) in [4.78, 5) is 0. The van der Waals surface area contributed by atoms with Gasteiger partial charge in [0.2, 0.25) is 0 Å². The maximum absolute atomic E-state index is 10.1. The van der Waals surface area contributed by atoms with Crippen LogP contribution in [0.2, 0.25) is 0 Å². The Morgan fingerprint density at radius 1 is 0.759 bits per heavy atom. The molecule has 5 heteroatoms. The summed E-state index contributed by atoms with van der Waals surface area (Å²) in [6, 6.07) is 23.5. The summed E-state index contributed by atoms with van der Waals surface area (Å²) in [5.74, 6) is 2.34. The number of aliphatic hydroxyl groups excluding tert-OH is 1. The molecule has 0 amide bonds. The molecule has 2 aliphatic heterocycles. The van der Waals surface area contributed by atoms with E-state index in [0.717, 1.165) is 40.5 Å². The molecule has 2 fully saturated rings. The molecule has 0 aromatic heterocycles. The van der Waals surface area contributed by atoms with Gasteiger partial charge in [0.25, 0.3) is 0 Å². The lowest BCUT2D eigenvalue weighted by atomic mass is 10.0. The van der Waals surface area contributed by atoms with Crippen molar-refractivity contribution in [2.45, 2.75) is 18.3 Å². The molecule has 29 heavy (non-hydrogen) atoms. The van der Waals surface area contributed by atoms with Gasteiger partial charge in [0.1, 0.15) is 42.2 Å². The Hall–Kier alpha value is -2.86. The quantitative estimate of drug-likeness (QED) is 0.579. The lowest BCUT2D eigenvalue weighted by molar-refractivity contribution is 0.137. The van der Waals surface area contributed by atoms with Crippen molar-refractivity contribution in [2.75, 3.05) is 19.8 Å². The van der Waals surface area contributed by atoms with Crippen LogP contribution in [0.15, 0.2) is 72.8 Å². The van der Waals surface area contributed by atoms with Gasteiger partial charge < -0.3 is 24.1 Å². The molecule has 1 N–H and O–H groups in total. The molecule has 5 rings (SSSR count). The molecule has 3 unspecified atom stereocenters. The van der Waals surface area contributed by atoms with Crippen molar-refractivity contribution in [3.05, 3.63) is 78.4 Å². The average molecular weight is 390 g/mol. The average Bonchev–Trinajstić information content (AvgIpc) is 3.67. The molecule has 0 aliphatic carbocycles. The molecule has 0 saturated carbocycles. The third-order valence-corrected chi connectivity index (χ3v) is 5.05. The monoisotopic (exact) mass is 390 g/mol. The molecule has 2 saturated heterocycles. The first-order valence-corrected chi connectivity index (χ1v) is 9.77. The first-order valence-electron chi connectivity index (χ1n) is 9.77. The molecule has 0 radical (unpaired) electrons. The smallest absolute Gasteiger partial charge is 0.127 e. The van der Waals surface area contributed by atoms with Crippen LogP contribution in [0.5, 0.6) is 17.2 Å². The summed E-state index contributed by atoms with van der Waals surface area (Å²) in [6.07, 6.45) is -0.346. The topological polar surface area (TPSA) is 63.8 Å². The second-order valence-corrected chi connectivity index (χ2v) is 7.30. The highest BCUT2D eigenvalue weighted by molar-refractivity contribution is 5.64. The Bertz CT molecular complexity index is 942. The fourth-order valence-electron chi connectivity index (χ4n) is 3.13. The minimum atomic E-state index is -0.543. The number of benzene rings is 3. The molecule has 3 aromatic carbocycles. The Labute approximate surface area is 169 Å². The molecule has 3 aromatic rings. The zero-order valence-corrected chi connectivity index (χ0v) is 15.9. The minimum Gasteiger partial charge on any atom is -0.491 e. The van der Waals surface area contributed by atoms with E-state index in [1.807, 2.05) is 72.8 Å². The second kappa shape index (κ2) is 7.87. The van der Waals surface area contributed by atoms with Crippen LogP contribution in [0.4, 0.5) is 0 Å². The predicted octanol–water partition coefficient (Wildman–Crippen LogP) is 4.36. The van der Waals surface area contributed by atoms with Gasteiger partial charge in [-0.2, -0.15) is 0 Å². The van der Waals surface area contributed by atoms with Gasteiger partial charge in [0, 0.05) is 0 Å². The van der Waals surface area contributed by atoms with Crippen LogP contribution in [0.1, 0.15) is 11.7 Å². The first-order chi connectivity index (χ1) is 14.2. The highest BCUT2D eigenvalue weighted by Gasteiger charge is 2.32. The number of epoxide rings is 2. The maximum Gasteiger partial charge on any atom is 0.127 e. The van der Waals surface area contributed by atoms with Gasteiger partial charge in [-0.1, -0.05) is 36.4 Å². The highest BCUT2D eigenvalue weighted by atomic mass is 16.6. The SMILES string of the molecule is OC(c1ccc(-c2ccc(Oc3ccc(OCC4CO4)cc3)cc2)cc1)C1CO1. The van der Waals surface area contributed by atoms with Crippen LogP contribution in [0.3, 0.4) is 0 Å². The van der Waals surface area contributed by atoms with E-state index in [0.29, 0.717) is 13.2 Å². The lowest BCUT2D eigenvalue weighted by Gasteiger charge is -2.10. The molecule has 5 nitrogen and oxygen atoms in total. The summed E-state index contributed by atoms with van der Waals surface area (Å²) in [5, 5.41) is 10.1. The van der Waals surface area contributed by atoms with Gasteiger partial charge >= 0.3 is 0 Å². The summed E-state index contributed by atoms with van der Waals surface area (Å²) in [7, 11) is 0. The van der Waals surface area contributed by atoms with Crippen LogP contribution in [-0.2, 0) is 9.47 Å². The van der Waals surface area contributed by atoms with E-state index < -0.39 is 6.10 Å². The van der Waals surface area contributed by atoms with Crippen LogP contribution >= 0.6 is 0 Å². The standard InChI is InChI=1S/C24H22O5/c25-24(23-15-28-23)18-3-1-16(2-4-18)17-5-7-20(8-6-17)29-21-11-9-19(10-12-21)26-13-22-14-27-22/h1-12,22-25H,13-15H2. The van der Waals surface area contributed by atoms with Crippen molar-refractivity contribution in [3.63, 3.8) is 0 Å². The normalized spacial score (nSPS) is 20.7. The van der Waals surface area contributed by atoms with Crippen LogP contribution in [0, 0.1) is 0 Å². The molecule has 2 heterocycles. The van der Waals surface area contributed by atoms with E-state index in [-0.39, 0.29) is 12.2 Å². The highest BCUT2D eigenvalue weighted by Crippen LogP contribution is 2.30. The molecular weight excluding hydrogens is 368 g/mol. The van der Waals surface area contributed by atoms with Crippen LogP contribution in [0.25, 0.3) is 11.1 Å². The summed E-state index contributed by atoms with van der Waals surface area (Å²) < 4.78 is 21.8. The third-order valence-electron chi connectivity index (χ3n) is 5.05. The van der Waals surface area contributed by atoms with Crippen molar-refractivity contribution in [1.29, 1.82) is 0 Å². The summed E-state index contributed by atoms with van der Waals surface area (Å²) in [5.41, 5.74) is 3.06. The Kier molecular flexibility index (Phi) is 4.94. The number of rotatable bonds is 8. The number of ether oxygens (including phenoxy) is 4. The van der Waals surface area contributed by atoms with Gasteiger partial charge in [0.05, 0.1) is 13.2 Å². The molecule has 148 valence electrons. The number of hydrogen-bond acceptors (Lipinski definition) is 5. The fraction of sp³-hybridized carbons (Fsp3) is 0.250. The largest absolute Gasteiger partial charge is 0.491 e. The van der Waals surface area contributed by atoms with Gasteiger partial charge in [0.15, 0.2) is 0 Å². The number of aliphatic hydroxyl groups is 1. The van der Waals surface area contributed by atoms with E-state index in [1.165, 1.54) is 0 Å². The lowest BCUT2D eigenvalue weighted by Crippen LogP contribution is -2.04. The fourth-order valence-corrected chi connectivity index (χ4v) is 3.13. The van der Waals surface area contributed by atoms with Crippen molar-refractivity contribution < 1.29 is 24.1 Å². The zero-order valence-electron chi connectivity index (χ0n) is 15.9. The van der Waals surface area contributed by atoms with Crippen LogP contribution < -0.4 is 9.47 Å². The van der Waals surface area contributed by atoms with Crippen molar-refractivity contribution in [3.8, 4) is 28.4 Å². The van der Waals surface area contributed by atoms with E-state index in [2.05, 4.69) is 0 Å². The maximum atomic E-state index is 10.1. The van der Waals surface area contributed by atoms with E-state index in [1.54, 1.807) is 0 Å². The van der Waals surface area contributed by atoms with Gasteiger partial charge in [-0.05, 0) is 53.1 Å². The van der Waals surface area contributed by atoms with E-state index in [4.69, 9.17) is 18.9 Å². The third kappa shape index (κ3) is 4.59. The zero-order chi connectivity index (χ0) is 19.6. The van der Waals surface area contributed by atoms with Crippen molar-refractivity contribution in [1.82, 2.24) is 0 Å². The molecular formula is C24H22O5. The van der Waals surface area contributed by atoms with Gasteiger partial charge in [-0.15, -0.1) is 0 Å². The molecule has 0 spiro atoms. The Morgan fingerprint density at radius 2 is 1.28 bits per heavy atom. The minimum absolute atomic E-state index is 0.0508. The molecule has 3 atom stereocenters. The summed E-state index contributed by atoms with van der Waals surface area (Å²) in [6.45, 7) is 2.02.